The molecule has 4 heteroatoms. The number of aliphatic hydroxyl groups is 1. The second kappa shape index (κ2) is 8.49. The lowest BCUT2D eigenvalue weighted by Crippen LogP contribution is -2.47. The lowest BCUT2D eigenvalue weighted by molar-refractivity contribution is -0.0273. The third-order valence-electron chi connectivity index (χ3n) is 4.10. The summed E-state index contributed by atoms with van der Waals surface area (Å²) in [5.41, 5.74) is 1.19. The van der Waals surface area contributed by atoms with Crippen LogP contribution in [-0.2, 0) is 4.74 Å². The van der Waals surface area contributed by atoms with Crippen molar-refractivity contribution in [3.63, 3.8) is 0 Å². The fraction of sp³-hybridized carbons (Fsp3) is 0.647. The van der Waals surface area contributed by atoms with Gasteiger partial charge in [0, 0.05) is 32.7 Å². The Bertz CT molecular complexity index is 391. The molecule has 1 saturated heterocycles. The maximum atomic E-state index is 10.2. The van der Waals surface area contributed by atoms with Gasteiger partial charge < -0.3 is 14.7 Å². The second-order valence-corrected chi connectivity index (χ2v) is 5.90. The molecule has 1 aromatic rings. The van der Waals surface area contributed by atoms with E-state index in [9.17, 15) is 5.11 Å². The highest BCUT2D eigenvalue weighted by Crippen LogP contribution is 2.20. The van der Waals surface area contributed by atoms with E-state index in [2.05, 4.69) is 35.9 Å². The van der Waals surface area contributed by atoms with Gasteiger partial charge in [-0.1, -0.05) is 37.3 Å². The fourth-order valence-electron chi connectivity index (χ4n) is 2.73. The first-order valence-corrected chi connectivity index (χ1v) is 7.94. The van der Waals surface area contributed by atoms with Crippen molar-refractivity contribution in [2.24, 2.45) is 0 Å². The van der Waals surface area contributed by atoms with Crippen LogP contribution in [0.4, 0.5) is 0 Å². The SMILES string of the molecule is CC[C@H](OC[C@@H](O)CN1CCN(C)CC1)c1ccccc1. The molecule has 1 heterocycles. The van der Waals surface area contributed by atoms with Crippen LogP contribution >= 0.6 is 0 Å². The van der Waals surface area contributed by atoms with Crippen molar-refractivity contribution in [3.8, 4) is 0 Å². The fourth-order valence-corrected chi connectivity index (χ4v) is 2.73. The Balaban J connectivity index is 1.73. The molecule has 118 valence electrons. The molecule has 0 radical (unpaired) electrons. The van der Waals surface area contributed by atoms with Crippen molar-refractivity contribution in [3.05, 3.63) is 35.9 Å². The third kappa shape index (κ3) is 5.40. The molecule has 1 fully saturated rings. The number of β-amino-alcohol motifs (C(OH)–C–C–N with tert-alkyl or cyclic N) is 1. The van der Waals surface area contributed by atoms with Crippen molar-refractivity contribution < 1.29 is 9.84 Å². The predicted molar refractivity (Wildman–Crippen MR) is 85.4 cm³/mol. The van der Waals surface area contributed by atoms with Crippen LogP contribution in [0.5, 0.6) is 0 Å². The molecule has 0 bridgehead atoms. The van der Waals surface area contributed by atoms with Crippen molar-refractivity contribution in [2.75, 3.05) is 46.4 Å². The summed E-state index contributed by atoms with van der Waals surface area (Å²) < 4.78 is 5.91. The highest BCUT2D eigenvalue weighted by Gasteiger charge is 2.18. The Morgan fingerprint density at radius 2 is 1.81 bits per heavy atom. The van der Waals surface area contributed by atoms with Gasteiger partial charge in [-0.15, -0.1) is 0 Å². The summed E-state index contributed by atoms with van der Waals surface area (Å²) in [5, 5.41) is 10.2. The minimum atomic E-state index is -0.411. The van der Waals surface area contributed by atoms with Gasteiger partial charge in [0.2, 0.25) is 0 Å². The lowest BCUT2D eigenvalue weighted by atomic mass is 10.1. The van der Waals surface area contributed by atoms with E-state index >= 15 is 0 Å². The number of benzene rings is 1. The standard InChI is InChI=1S/C17H28N2O2/c1-3-17(15-7-5-4-6-8-15)21-14-16(20)13-19-11-9-18(2)10-12-19/h4-8,16-17,20H,3,9-14H2,1-2H3/t16-,17-/m0/s1. The monoisotopic (exact) mass is 292 g/mol. The summed E-state index contributed by atoms with van der Waals surface area (Å²) in [4.78, 5) is 4.64. The Hall–Kier alpha value is -0.940. The molecular formula is C17H28N2O2. The summed E-state index contributed by atoms with van der Waals surface area (Å²) >= 11 is 0. The normalized spacial score (nSPS) is 20.3. The first-order valence-electron chi connectivity index (χ1n) is 7.94. The first kappa shape index (κ1) is 16.4. The largest absolute Gasteiger partial charge is 0.389 e. The molecule has 1 aromatic carbocycles. The summed E-state index contributed by atoms with van der Waals surface area (Å²) in [5.74, 6) is 0. The Morgan fingerprint density at radius 1 is 1.14 bits per heavy atom. The maximum Gasteiger partial charge on any atom is 0.0900 e. The van der Waals surface area contributed by atoms with Crippen LogP contribution in [0.3, 0.4) is 0 Å². The average molecular weight is 292 g/mol. The number of piperazine rings is 1. The van der Waals surface area contributed by atoms with E-state index in [1.165, 1.54) is 5.56 Å². The van der Waals surface area contributed by atoms with E-state index in [0.717, 1.165) is 32.6 Å². The molecule has 1 aliphatic heterocycles. The van der Waals surface area contributed by atoms with E-state index in [4.69, 9.17) is 4.74 Å². The number of hydrogen-bond acceptors (Lipinski definition) is 4. The first-order chi connectivity index (χ1) is 10.2. The number of ether oxygens (including phenoxy) is 1. The number of aliphatic hydroxyl groups excluding tert-OH is 1. The Labute approximate surface area is 128 Å². The quantitative estimate of drug-likeness (QED) is 0.831. The molecule has 0 aromatic heterocycles. The van der Waals surface area contributed by atoms with Crippen molar-refractivity contribution in [2.45, 2.75) is 25.6 Å². The zero-order valence-electron chi connectivity index (χ0n) is 13.2. The van der Waals surface area contributed by atoms with Crippen LogP contribution in [0, 0.1) is 0 Å². The molecule has 1 N–H and O–H groups in total. The summed E-state index contributed by atoms with van der Waals surface area (Å²) in [6.45, 7) is 7.45. The molecule has 0 amide bonds. The van der Waals surface area contributed by atoms with Gasteiger partial charge in [0.1, 0.15) is 0 Å². The molecule has 4 nitrogen and oxygen atoms in total. The zero-order chi connectivity index (χ0) is 15.1. The number of nitrogens with zero attached hydrogens (tertiary/aromatic N) is 2. The van der Waals surface area contributed by atoms with Crippen LogP contribution in [0.1, 0.15) is 25.0 Å². The molecule has 0 unspecified atom stereocenters. The van der Waals surface area contributed by atoms with E-state index in [1.54, 1.807) is 0 Å². The molecular weight excluding hydrogens is 264 g/mol. The van der Waals surface area contributed by atoms with Gasteiger partial charge in [0.15, 0.2) is 0 Å². The van der Waals surface area contributed by atoms with E-state index in [1.807, 2.05) is 18.2 Å². The Kier molecular flexibility index (Phi) is 6.64. The molecule has 0 spiro atoms. The van der Waals surface area contributed by atoms with E-state index in [0.29, 0.717) is 13.2 Å². The maximum absolute atomic E-state index is 10.2. The van der Waals surface area contributed by atoms with Crippen molar-refractivity contribution >= 4 is 0 Å². The molecule has 0 saturated carbocycles. The topological polar surface area (TPSA) is 35.9 Å². The third-order valence-corrected chi connectivity index (χ3v) is 4.10. The minimum absolute atomic E-state index is 0.0772. The van der Waals surface area contributed by atoms with Gasteiger partial charge in [-0.05, 0) is 19.0 Å². The van der Waals surface area contributed by atoms with Crippen LogP contribution in [0.2, 0.25) is 0 Å². The zero-order valence-corrected chi connectivity index (χ0v) is 13.2. The summed E-state index contributed by atoms with van der Waals surface area (Å²) in [6, 6.07) is 10.2. The van der Waals surface area contributed by atoms with Gasteiger partial charge in [0.25, 0.3) is 0 Å². The average Bonchev–Trinajstić information content (AvgIpc) is 2.51. The minimum Gasteiger partial charge on any atom is -0.389 e. The molecule has 2 atom stereocenters. The summed E-state index contributed by atoms with van der Waals surface area (Å²) in [6.07, 6.45) is 0.588. The van der Waals surface area contributed by atoms with Crippen molar-refractivity contribution in [1.82, 2.24) is 9.80 Å². The molecule has 2 rings (SSSR count). The Morgan fingerprint density at radius 3 is 2.43 bits per heavy atom. The van der Waals surface area contributed by atoms with Crippen LogP contribution in [0.25, 0.3) is 0 Å². The molecule has 0 aliphatic carbocycles. The predicted octanol–water partition coefficient (Wildman–Crippen LogP) is 1.76. The number of rotatable bonds is 7. The highest BCUT2D eigenvalue weighted by atomic mass is 16.5. The van der Waals surface area contributed by atoms with Crippen LogP contribution in [-0.4, -0.2) is 67.4 Å². The smallest absolute Gasteiger partial charge is 0.0900 e. The summed E-state index contributed by atoms with van der Waals surface area (Å²) in [7, 11) is 2.14. The molecule has 1 aliphatic rings. The molecule has 21 heavy (non-hydrogen) atoms. The van der Waals surface area contributed by atoms with Crippen LogP contribution < -0.4 is 0 Å². The van der Waals surface area contributed by atoms with Gasteiger partial charge >= 0.3 is 0 Å². The van der Waals surface area contributed by atoms with Gasteiger partial charge in [0.05, 0.1) is 18.8 Å². The number of likely N-dealkylation sites (N-methyl/N-ethyl adjacent to an activating group) is 1. The van der Waals surface area contributed by atoms with Crippen molar-refractivity contribution in [1.29, 1.82) is 0 Å². The van der Waals surface area contributed by atoms with E-state index < -0.39 is 6.10 Å². The van der Waals surface area contributed by atoms with Crippen LogP contribution in [0.15, 0.2) is 30.3 Å². The van der Waals surface area contributed by atoms with Gasteiger partial charge in [-0.2, -0.15) is 0 Å². The van der Waals surface area contributed by atoms with E-state index in [-0.39, 0.29) is 6.10 Å². The lowest BCUT2D eigenvalue weighted by Gasteiger charge is -2.33. The highest BCUT2D eigenvalue weighted by molar-refractivity contribution is 5.17. The second-order valence-electron chi connectivity index (χ2n) is 5.90. The van der Waals surface area contributed by atoms with Gasteiger partial charge in [-0.3, -0.25) is 4.90 Å². The van der Waals surface area contributed by atoms with Gasteiger partial charge in [-0.25, -0.2) is 0 Å². The number of hydrogen-bond donors (Lipinski definition) is 1.